The van der Waals surface area contributed by atoms with Crippen LogP contribution in [0.2, 0.25) is 0 Å². The van der Waals surface area contributed by atoms with E-state index in [1.54, 1.807) is 11.7 Å². The highest BCUT2D eigenvalue weighted by Gasteiger charge is 2.12. The van der Waals surface area contributed by atoms with Crippen LogP contribution in [0.1, 0.15) is 21.9 Å². The van der Waals surface area contributed by atoms with Crippen molar-refractivity contribution >= 4 is 29.0 Å². The molecule has 0 radical (unpaired) electrons. The zero-order valence-electron chi connectivity index (χ0n) is 14.3. The lowest BCUT2D eigenvalue weighted by Gasteiger charge is -2.09. The van der Waals surface area contributed by atoms with Crippen LogP contribution in [0.4, 0.5) is 0 Å². The summed E-state index contributed by atoms with van der Waals surface area (Å²) in [5, 5.41) is 10.7. The fraction of sp³-hybridized carbons (Fsp3) is 0.294. The van der Waals surface area contributed by atoms with Crippen molar-refractivity contribution < 1.29 is 9.53 Å². The maximum absolute atomic E-state index is 12.5. The topological polar surface area (TPSA) is 84.8 Å². The van der Waals surface area contributed by atoms with E-state index in [1.807, 2.05) is 38.2 Å². The third kappa shape index (κ3) is 3.53. The van der Waals surface area contributed by atoms with E-state index < -0.39 is 0 Å². The van der Waals surface area contributed by atoms with E-state index >= 15 is 0 Å². The van der Waals surface area contributed by atoms with Crippen molar-refractivity contribution in [3.8, 4) is 5.75 Å². The molecule has 0 unspecified atom stereocenters. The van der Waals surface area contributed by atoms with Gasteiger partial charge in [0.15, 0.2) is 4.77 Å². The Hall–Kier alpha value is -2.74. The molecule has 0 aliphatic carbocycles. The molecular weight excluding hydrogens is 338 g/mol. The Morgan fingerprint density at radius 2 is 2.20 bits per heavy atom. The summed E-state index contributed by atoms with van der Waals surface area (Å²) in [5.41, 5.74) is 2.04. The van der Waals surface area contributed by atoms with Crippen molar-refractivity contribution in [3.05, 3.63) is 46.1 Å². The molecule has 0 atom stereocenters. The molecule has 3 aromatic rings. The van der Waals surface area contributed by atoms with Gasteiger partial charge in [0.1, 0.15) is 11.6 Å². The predicted molar refractivity (Wildman–Crippen MR) is 97.5 cm³/mol. The van der Waals surface area contributed by atoms with E-state index in [-0.39, 0.29) is 5.91 Å². The zero-order chi connectivity index (χ0) is 18.0. The van der Waals surface area contributed by atoms with Gasteiger partial charge in [-0.2, -0.15) is 5.10 Å². The molecule has 1 amide bonds. The number of methoxy groups -OCH3 is 1. The van der Waals surface area contributed by atoms with Gasteiger partial charge in [0.25, 0.3) is 5.91 Å². The number of hydrogen-bond acceptors (Lipinski definition) is 5. The van der Waals surface area contributed by atoms with Crippen LogP contribution in [0.3, 0.4) is 0 Å². The number of nitrogens with zero attached hydrogens (tertiary/aromatic N) is 3. The highest BCUT2D eigenvalue weighted by molar-refractivity contribution is 7.71. The van der Waals surface area contributed by atoms with Crippen molar-refractivity contribution in [3.63, 3.8) is 0 Å². The number of aryl methyl sites for hydroxylation is 1. The minimum atomic E-state index is -0.153. The summed E-state index contributed by atoms with van der Waals surface area (Å²) in [7, 11) is 3.46. The Morgan fingerprint density at radius 1 is 1.40 bits per heavy atom. The minimum absolute atomic E-state index is 0.153. The smallest absolute Gasteiger partial charge is 0.253 e. The van der Waals surface area contributed by atoms with E-state index in [0.717, 1.165) is 22.5 Å². The number of nitrogens with one attached hydrogen (secondary N) is 2. The molecule has 1 aromatic carbocycles. The number of pyridine rings is 1. The summed E-state index contributed by atoms with van der Waals surface area (Å²) in [6.45, 7) is 2.29. The molecule has 0 bridgehead atoms. The van der Waals surface area contributed by atoms with Crippen LogP contribution >= 0.6 is 12.2 Å². The van der Waals surface area contributed by atoms with Gasteiger partial charge in [-0.25, -0.2) is 0 Å². The number of benzene rings is 1. The lowest BCUT2D eigenvalue weighted by Crippen LogP contribution is -2.27. The fourth-order valence-corrected chi connectivity index (χ4v) is 2.74. The van der Waals surface area contributed by atoms with Gasteiger partial charge in [-0.15, -0.1) is 0 Å². The highest BCUT2D eigenvalue weighted by atomic mass is 32.1. The fourth-order valence-electron chi connectivity index (χ4n) is 2.59. The van der Waals surface area contributed by atoms with Crippen molar-refractivity contribution in [1.29, 1.82) is 0 Å². The molecule has 0 saturated heterocycles. The van der Waals surface area contributed by atoms with Crippen LogP contribution in [-0.4, -0.2) is 39.3 Å². The lowest BCUT2D eigenvalue weighted by atomic mass is 10.1. The van der Waals surface area contributed by atoms with Crippen molar-refractivity contribution in [2.24, 2.45) is 7.05 Å². The number of aromatic amines is 1. The van der Waals surface area contributed by atoms with Crippen LogP contribution in [0.5, 0.6) is 5.75 Å². The van der Waals surface area contributed by atoms with Crippen molar-refractivity contribution in [1.82, 2.24) is 25.1 Å². The lowest BCUT2D eigenvalue weighted by molar-refractivity contribution is 0.0953. The number of H-pyrrole nitrogens is 1. The van der Waals surface area contributed by atoms with Gasteiger partial charge in [0, 0.05) is 31.5 Å². The number of ether oxygens (including phenoxy) is 1. The van der Waals surface area contributed by atoms with Gasteiger partial charge in [0.2, 0.25) is 0 Å². The van der Waals surface area contributed by atoms with E-state index in [2.05, 4.69) is 20.5 Å². The molecule has 25 heavy (non-hydrogen) atoms. The number of carbonyl (C=O) groups is 1. The Kier molecular flexibility index (Phi) is 4.80. The quantitative estimate of drug-likeness (QED) is 0.685. The molecule has 8 heteroatoms. The van der Waals surface area contributed by atoms with Gasteiger partial charge in [-0.05, 0) is 37.3 Å². The number of carbonyl (C=O) groups excluding carboxylic acids is 1. The third-order valence-electron chi connectivity index (χ3n) is 4.07. The largest absolute Gasteiger partial charge is 0.497 e. The van der Waals surface area contributed by atoms with Crippen molar-refractivity contribution in [2.75, 3.05) is 13.7 Å². The van der Waals surface area contributed by atoms with Crippen LogP contribution in [0.25, 0.3) is 10.9 Å². The molecule has 2 aromatic heterocycles. The standard InChI is InChI=1S/C17H19N5O2S/c1-10-13(8-11-4-5-12(24-3)9-14(11)19-10)16(23)18-7-6-15-20-21-17(25)22(15)2/h4-5,8-9H,6-7H2,1-3H3,(H,18,23)(H,21,25). The Bertz CT molecular complexity index is 992. The van der Waals surface area contributed by atoms with Gasteiger partial charge in [0.05, 0.1) is 23.9 Å². The second-order valence-electron chi connectivity index (χ2n) is 5.69. The average molecular weight is 357 g/mol. The first-order valence-electron chi connectivity index (χ1n) is 7.83. The third-order valence-corrected chi connectivity index (χ3v) is 4.43. The summed E-state index contributed by atoms with van der Waals surface area (Å²) < 4.78 is 7.56. The van der Waals surface area contributed by atoms with Crippen LogP contribution in [0, 0.1) is 11.7 Å². The number of rotatable bonds is 5. The number of fused-ring (bicyclic) bond motifs is 1. The number of aromatic nitrogens is 4. The maximum Gasteiger partial charge on any atom is 0.253 e. The minimum Gasteiger partial charge on any atom is -0.497 e. The molecule has 0 aliphatic heterocycles. The zero-order valence-corrected chi connectivity index (χ0v) is 15.1. The van der Waals surface area contributed by atoms with Crippen LogP contribution < -0.4 is 10.1 Å². The first-order chi connectivity index (χ1) is 12.0. The summed E-state index contributed by atoms with van der Waals surface area (Å²) in [4.78, 5) is 17.0. The maximum atomic E-state index is 12.5. The summed E-state index contributed by atoms with van der Waals surface area (Å²) >= 11 is 5.07. The predicted octanol–water partition coefficient (Wildman–Crippen LogP) is 2.32. The molecule has 0 fully saturated rings. The second kappa shape index (κ2) is 7.02. The number of hydrogen-bond donors (Lipinski definition) is 2. The monoisotopic (exact) mass is 357 g/mol. The van der Waals surface area contributed by atoms with E-state index in [4.69, 9.17) is 17.0 Å². The number of amides is 1. The summed E-state index contributed by atoms with van der Waals surface area (Å²) in [6, 6.07) is 7.45. The SMILES string of the molecule is COc1ccc2cc(C(=O)NCCc3n[nH]c(=S)n3C)c(C)nc2c1. The Labute approximate surface area is 150 Å². The van der Waals surface area contributed by atoms with Crippen LogP contribution in [0.15, 0.2) is 24.3 Å². The van der Waals surface area contributed by atoms with E-state index in [0.29, 0.717) is 29.0 Å². The molecule has 7 nitrogen and oxygen atoms in total. The average Bonchev–Trinajstić information content (AvgIpc) is 2.92. The molecule has 2 heterocycles. The molecule has 130 valence electrons. The summed E-state index contributed by atoms with van der Waals surface area (Å²) in [6.07, 6.45) is 0.590. The molecule has 0 aliphatic rings. The van der Waals surface area contributed by atoms with Gasteiger partial charge in [-0.1, -0.05) is 0 Å². The molecule has 2 N–H and O–H groups in total. The van der Waals surface area contributed by atoms with Gasteiger partial charge in [-0.3, -0.25) is 14.9 Å². The van der Waals surface area contributed by atoms with Crippen molar-refractivity contribution in [2.45, 2.75) is 13.3 Å². The molecular formula is C17H19N5O2S. The van der Waals surface area contributed by atoms with Gasteiger partial charge >= 0.3 is 0 Å². The van der Waals surface area contributed by atoms with E-state index in [9.17, 15) is 4.79 Å². The molecule has 3 rings (SSSR count). The Morgan fingerprint density at radius 3 is 2.88 bits per heavy atom. The second-order valence-corrected chi connectivity index (χ2v) is 6.08. The van der Waals surface area contributed by atoms with Gasteiger partial charge < -0.3 is 14.6 Å². The van der Waals surface area contributed by atoms with Crippen LogP contribution in [-0.2, 0) is 13.5 Å². The Balaban J connectivity index is 1.74. The molecule has 0 saturated carbocycles. The highest BCUT2D eigenvalue weighted by Crippen LogP contribution is 2.21. The first-order valence-corrected chi connectivity index (χ1v) is 8.24. The first kappa shape index (κ1) is 17.1. The molecule has 0 spiro atoms. The van der Waals surface area contributed by atoms with E-state index in [1.165, 1.54) is 0 Å². The summed E-state index contributed by atoms with van der Waals surface area (Å²) in [5.74, 6) is 1.38. The normalized spacial score (nSPS) is 10.8.